The zero-order valence-electron chi connectivity index (χ0n) is 11.9. The van der Waals surface area contributed by atoms with Gasteiger partial charge in [-0.3, -0.25) is 4.68 Å². The fourth-order valence-corrected chi connectivity index (χ4v) is 3.52. The van der Waals surface area contributed by atoms with E-state index in [0.717, 1.165) is 36.0 Å². The molecule has 0 aromatic carbocycles. The Kier molecular flexibility index (Phi) is 4.67. The van der Waals surface area contributed by atoms with E-state index in [2.05, 4.69) is 34.0 Å². The third-order valence-corrected chi connectivity index (χ3v) is 5.29. The van der Waals surface area contributed by atoms with Crippen molar-refractivity contribution in [1.82, 2.24) is 9.78 Å². The molecule has 1 aliphatic rings. The van der Waals surface area contributed by atoms with E-state index in [1.807, 2.05) is 11.6 Å². The predicted molar refractivity (Wildman–Crippen MR) is 79.8 cm³/mol. The van der Waals surface area contributed by atoms with Gasteiger partial charge in [0.05, 0.1) is 27.3 Å². The van der Waals surface area contributed by atoms with Crippen molar-refractivity contribution < 1.29 is 0 Å². The van der Waals surface area contributed by atoms with Crippen LogP contribution in [0.25, 0.3) is 0 Å². The van der Waals surface area contributed by atoms with Crippen LogP contribution in [0.5, 0.6) is 0 Å². The smallest absolute Gasteiger partial charge is 0.0738 e. The van der Waals surface area contributed by atoms with Crippen molar-refractivity contribution in [2.45, 2.75) is 65.3 Å². The van der Waals surface area contributed by atoms with E-state index in [9.17, 15) is 5.26 Å². The van der Waals surface area contributed by atoms with E-state index >= 15 is 0 Å². The monoisotopic (exact) mass is 323 g/mol. The minimum absolute atomic E-state index is 0.182. The maximum Gasteiger partial charge on any atom is 0.0738 e. The lowest BCUT2D eigenvalue weighted by Crippen LogP contribution is -2.23. The normalized spacial score (nSPS) is 18.8. The van der Waals surface area contributed by atoms with E-state index in [-0.39, 0.29) is 5.41 Å². The van der Waals surface area contributed by atoms with Crippen LogP contribution in [0.4, 0.5) is 0 Å². The molecule has 0 bridgehead atoms. The summed E-state index contributed by atoms with van der Waals surface area (Å²) >= 11 is 3.65. The van der Waals surface area contributed by atoms with Crippen LogP contribution in [0, 0.1) is 23.7 Å². The highest BCUT2D eigenvalue weighted by Gasteiger charge is 2.33. The number of aryl methyl sites for hydroxylation is 2. The van der Waals surface area contributed by atoms with Gasteiger partial charge in [0, 0.05) is 13.0 Å². The SMILES string of the molecule is CCn1nc(C)c(Br)c1CC1(C#N)CCCCCC1. The number of rotatable bonds is 3. The van der Waals surface area contributed by atoms with Gasteiger partial charge < -0.3 is 0 Å². The molecule has 1 aliphatic carbocycles. The number of hydrogen-bond acceptors (Lipinski definition) is 2. The summed E-state index contributed by atoms with van der Waals surface area (Å²) in [6, 6.07) is 2.63. The first kappa shape index (κ1) is 14.6. The fourth-order valence-electron chi connectivity index (χ4n) is 3.09. The molecule has 1 aromatic rings. The zero-order chi connectivity index (χ0) is 13.9. The molecule has 1 fully saturated rings. The molecule has 4 heteroatoms. The molecule has 0 aliphatic heterocycles. The summed E-state index contributed by atoms with van der Waals surface area (Å²) in [5, 5.41) is 14.2. The van der Waals surface area contributed by atoms with Crippen molar-refractivity contribution in [2.75, 3.05) is 0 Å². The zero-order valence-corrected chi connectivity index (χ0v) is 13.5. The van der Waals surface area contributed by atoms with Gasteiger partial charge >= 0.3 is 0 Å². The van der Waals surface area contributed by atoms with Gasteiger partial charge in [0.2, 0.25) is 0 Å². The van der Waals surface area contributed by atoms with Crippen molar-refractivity contribution in [3.63, 3.8) is 0 Å². The second-order valence-electron chi connectivity index (χ2n) is 5.64. The molecule has 1 saturated carbocycles. The molecule has 0 atom stereocenters. The molecule has 1 aromatic heterocycles. The van der Waals surface area contributed by atoms with Crippen LogP contribution in [-0.2, 0) is 13.0 Å². The fraction of sp³-hybridized carbons (Fsp3) is 0.733. The van der Waals surface area contributed by atoms with Gasteiger partial charge in [-0.2, -0.15) is 10.4 Å². The number of aromatic nitrogens is 2. The Morgan fingerprint density at radius 3 is 2.47 bits per heavy atom. The van der Waals surface area contributed by atoms with Gasteiger partial charge in [0.25, 0.3) is 0 Å². The summed E-state index contributed by atoms with van der Waals surface area (Å²) in [6.07, 6.45) is 7.81. The average Bonchev–Trinajstić information content (AvgIpc) is 2.63. The Morgan fingerprint density at radius 2 is 1.95 bits per heavy atom. The molecular weight excluding hydrogens is 302 g/mol. The number of halogens is 1. The average molecular weight is 324 g/mol. The number of hydrogen-bond donors (Lipinski definition) is 0. The maximum atomic E-state index is 9.69. The third-order valence-electron chi connectivity index (χ3n) is 4.26. The molecule has 19 heavy (non-hydrogen) atoms. The lowest BCUT2D eigenvalue weighted by molar-refractivity contribution is 0.328. The first-order chi connectivity index (χ1) is 9.12. The van der Waals surface area contributed by atoms with Crippen molar-refractivity contribution in [3.8, 4) is 6.07 Å². The predicted octanol–water partition coefficient (Wildman–Crippen LogP) is 4.38. The van der Waals surface area contributed by atoms with Crippen LogP contribution in [0.3, 0.4) is 0 Å². The van der Waals surface area contributed by atoms with Crippen LogP contribution in [0.15, 0.2) is 4.47 Å². The first-order valence-electron chi connectivity index (χ1n) is 7.25. The van der Waals surface area contributed by atoms with Crippen molar-refractivity contribution in [2.24, 2.45) is 5.41 Å². The van der Waals surface area contributed by atoms with E-state index < -0.39 is 0 Å². The van der Waals surface area contributed by atoms with Gasteiger partial charge in [-0.1, -0.05) is 25.7 Å². The minimum atomic E-state index is -0.182. The molecule has 0 radical (unpaired) electrons. The van der Waals surface area contributed by atoms with Gasteiger partial charge in [-0.25, -0.2) is 0 Å². The van der Waals surface area contributed by atoms with Crippen molar-refractivity contribution >= 4 is 15.9 Å². The summed E-state index contributed by atoms with van der Waals surface area (Å²) in [5.74, 6) is 0. The standard InChI is InChI=1S/C15H22BrN3/c1-3-19-13(14(16)12(2)18-19)10-15(11-17)8-6-4-5-7-9-15/h3-10H2,1-2H3. The molecular formula is C15H22BrN3. The van der Waals surface area contributed by atoms with Crippen molar-refractivity contribution in [1.29, 1.82) is 5.26 Å². The second-order valence-corrected chi connectivity index (χ2v) is 6.44. The van der Waals surface area contributed by atoms with Gasteiger partial charge in [0.1, 0.15) is 0 Å². The summed E-state index contributed by atoms with van der Waals surface area (Å²) < 4.78 is 3.14. The Hall–Kier alpha value is -0.820. The maximum absolute atomic E-state index is 9.69. The van der Waals surface area contributed by atoms with Crippen LogP contribution in [0.2, 0.25) is 0 Å². The third kappa shape index (κ3) is 3.02. The highest BCUT2D eigenvalue weighted by molar-refractivity contribution is 9.10. The molecule has 3 nitrogen and oxygen atoms in total. The Balaban J connectivity index is 2.30. The molecule has 0 amide bonds. The van der Waals surface area contributed by atoms with Gasteiger partial charge in [-0.15, -0.1) is 0 Å². The lowest BCUT2D eigenvalue weighted by Gasteiger charge is -2.25. The van der Waals surface area contributed by atoms with Gasteiger partial charge in [0.15, 0.2) is 0 Å². The topological polar surface area (TPSA) is 41.6 Å². The highest BCUT2D eigenvalue weighted by atomic mass is 79.9. The van der Waals surface area contributed by atoms with Crippen LogP contribution in [0.1, 0.15) is 56.8 Å². The Bertz CT molecular complexity index is 476. The largest absolute Gasteiger partial charge is 0.268 e. The van der Waals surface area contributed by atoms with E-state index in [1.165, 1.54) is 31.4 Å². The van der Waals surface area contributed by atoms with E-state index in [4.69, 9.17) is 0 Å². The molecule has 0 saturated heterocycles. The van der Waals surface area contributed by atoms with E-state index in [0.29, 0.717) is 0 Å². The number of nitrogens with zero attached hydrogens (tertiary/aromatic N) is 3. The molecule has 0 N–H and O–H groups in total. The van der Waals surface area contributed by atoms with Crippen molar-refractivity contribution in [3.05, 3.63) is 15.9 Å². The Morgan fingerprint density at radius 1 is 1.32 bits per heavy atom. The molecule has 2 rings (SSSR count). The molecule has 0 spiro atoms. The quantitative estimate of drug-likeness (QED) is 0.774. The number of nitriles is 1. The molecule has 104 valence electrons. The van der Waals surface area contributed by atoms with Crippen LogP contribution >= 0.6 is 15.9 Å². The summed E-state index contributed by atoms with van der Waals surface area (Å²) in [5.41, 5.74) is 2.04. The lowest BCUT2D eigenvalue weighted by atomic mass is 9.78. The Labute approximate surface area is 124 Å². The highest BCUT2D eigenvalue weighted by Crippen LogP contribution is 2.39. The van der Waals surface area contributed by atoms with Gasteiger partial charge in [-0.05, 0) is 42.6 Å². The summed E-state index contributed by atoms with van der Waals surface area (Å²) in [4.78, 5) is 0. The van der Waals surface area contributed by atoms with E-state index in [1.54, 1.807) is 0 Å². The van der Waals surface area contributed by atoms with Crippen LogP contribution in [-0.4, -0.2) is 9.78 Å². The summed E-state index contributed by atoms with van der Waals surface area (Å²) in [7, 11) is 0. The summed E-state index contributed by atoms with van der Waals surface area (Å²) in [6.45, 7) is 4.99. The second kappa shape index (κ2) is 6.09. The molecule has 1 heterocycles. The minimum Gasteiger partial charge on any atom is -0.268 e. The molecule has 0 unspecified atom stereocenters. The first-order valence-corrected chi connectivity index (χ1v) is 8.04. The van der Waals surface area contributed by atoms with Crippen LogP contribution < -0.4 is 0 Å².